The zero-order valence-corrected chi connectivity index (χ0v) is 11.7. The van der Waals surface area contributed by atoms with Gasteiger partial charge < -0.3 is 10.2 Å². The van der Waals surface area contributed by atoms with Crippen molar-refractivity contribution in [2.75, 3.05) is 5.73 Å². The van der Waals surface area contributed by atoms with Crippen LogP contribution >= 0.6 is 0 Å². The van der Waals surface area contributed by atoms with Crippen molar-refractivity contribution in [3.8, 4) is 0 Å². The Balaban J connectivity index is 2.77. The van der Waals surface area contributed by atoms with E-state index in [1.165, 1.54) is 0 Å². The van der Waals surface area contributed by atoms with Gasteiger partial charge in [0.05, 0.1) is 11.3 Å². The molecule has 4 heteroatoms. The molecule has 0 bridgehead atoms. The molecule has 16 heavy (non-hydrogen) atoms. The third kappa shape index (κ3) is 3.94. The number of nitrogens with zero attached hydrogens (tertiary/aromatic N) is 1. The first-order valence-corrected chi connectivity index (χ1v) is 6.30. The fraction of sp³-hybridized carbons (Fsp3) is 0.583. The van der Waals surface area contributed by atoms with Gasteiger partial charge in [-0.3, -0.25) is 0 Å². The lowest BCUT2D eigenvalue weighted by Gasteiger charge is -2.28. The highest BCUT2D eigenvalue weighted by Crippen LogP contribution is 2.28. The lowest BCUT2D eigenvalue weighted by atomic mass is 10.1. The van der Waals surface area contributed by atoms with Crippen molar-refractivity contribution in [3.05, 3.63) is 23.9 Å². The Bertz CT molecular complexity index is 358. The fourth-order valence-electron chi connectivity index (χ4n) is 1.12. The van der Waals surface area contributed by atoms with Gasteiger partial charge in [0.1, 0.15) is 5.82 Å². The van der Waals surface area contributed by atoms with Crippen molar-refractivity contribution in [1.29, 1.82) is 0 Å². The summed E-state index contributed by atoms with van der Waals surface area (Å²) in [6, 6.07) is 5.64. The molecule has 0 amide bonds. The Kier molecular flexibility index (Phi) is 3.75. The maximum Gasteiger partial charge on any atom is 0.237 e. The number of nitrogen functional groups attached to an aromatic ring is 1. The van der Waals surface area contributed by atoms with Crippen LogP contribution in [0.2, 0.25) is 5.04 Å². The van der Waals surface area contributed by atoms with Crippen molar-refractivity contribution >= 4 is 15.6 Å². The lowest BCUT2D eigenvalue weighted by molar-refractivity contribution is 0.105. The molecule has 0 spiro atoms. The van der Waals surface area contributed by atoms with Gasteiger partial charge in [-0.2, -0.15) is 0 Å². The first-order valence-electron chi connectivity index (χ1n) is 5.39. The summed E-state index contributed by atoms with van der Waals surface area (Å²) in [6.07, 6.45) is 0. The number of anilines is 1. The van der Waals surface area contributed by atoms with Crippen molar-refractivity contribution < 1.29 is 4.43 Å². The van der Waals surface area contributed by atoms with Crippen LogP contribution in [0.25, 0.3) is 0 Å². The van der Waals surface area contributed by atoms with Crippen LogP contribution in [0.1, 0.15) is 40.3 Å². The molecule has 0 saturated heterocycles. The van der Waals surface area contributed by atoms with Crippen LogP contribution < -0.4 is 5.73 Å². The summed E-state index contributed by atoms with van der Waals surface area (Å²) in [5.41, 5.74) is 6.16. The minimum atomic E-state index is -0.388. The van der Waals surface area contributed by atoms with Crippen LogP contribution in [-0.4, -0.2) is 14.7 Å². The fourth-order valence-corrected chi connectivity index (χ4v) is 1.79. The van der Waals surface area contributed by atoms with Crippen LogP contribution in [0.15, 0.2) is 18.2 Å². The van der Waals surface area contributed by atoms with Crippen molar-refractivity contribution in [1.82, 2.24) is 4.98 Å². The summed E-state index contributed by atoms with van der Waals surface area (Å²) in [6.45, 7) is 10.5. The monoisotopic (exact) mass is 236 g/mol. The van der Waals surface area contributed by atoms with E-state index in [0.29, 0.717) is 15.6 Å². The molecule has 1 aromatic heterocycles. The highest BCUT2D eigenvalue weighted by molar-refractivity contribution is 6.31. The Morgan fingerprint density at radius 3 is 2.31 bits per heavy atom. The minimum absolute atomic E-state index is 0.178. The molecule has 1 heterocycles. The van der Waals surface area contributed by atoms with E-state index in [0.717, 1.165) is 5.69 Å². The minimum Gasteiger partial charge on any atom is -0.406 e. The summed E-state index contributed by atoms with van der Waals surface area (Å²) in [7, 11) is 0.434. The average Bonchev–Trinajstić information content (AvgIpc) is 2.14. The molecule has 1 rings (SSSR count). The molecular formula is C12H20N2OSi. The number of aromatic nitrogens is 1. The molecule has 0 unspecified atom stereocenters. The highest BCUT2D eigenvalue weighted by Gasteiger charge is 2.26. The predicted octanol–water partition coefficient (Wildman–Crippen LogP) is 2.75. The number of rotatable bonds is 3. The summed E-state index contributed by atoms with van der Waals surface area (Å²) in [4.78, 5) is 4.30. The van der Waals surface area contributed by atoms with Gasteiger partial charge in [0.15, 0.2) is 0 Å². The van der Waals surface area contributed by atoms with E-state index in [4.69, 9.17) is 10.2 Å². The lowest BCUT2D eigenvalue weighted by Crippen LogP contribution is -2.28. The smallest absolute Gasteiger partial charge is 0.237 e. The van der Waals surface area contributed by atoms with Gasteiger partial charge in [-0.25, -0.2) is 4.98 Å². The molecule has 0 atom stereocenters. The molecular weight excluding hydrogens is 216 g/mol. The van der Waals surface area contributed by atoms with Gasteiger partial charge in [0.2, 0.25) is 9.76 Å². The van der Waals surface area contributed by atoms with Gasteiger partial charge >= 0.3 is 0 Å². The molecule has 0 aliphatic rings. The summed E-state index contributed by atoms with van der Waals surface area (Å²) in [5, 5.41) is 0.178. The Hall–Kier alpha value is -0.873. The standard InChI is InChI=1S/C12H20N2OSi/c1-11(2,3)16-15-12(4,5)9-7-6-8-10(13)14-9/h6-8H,1-5H3,(H2,13,14). The molecule has 0 saturated carbocycles. The molecule has 88 valence electrons. The maximum absolute atomic E-state index is 5.94. The molecule has 0 fully saturated rings. The average molecular weight is 236 g/mol. The summed E-state index contributed by atoms with van der Waals surface area (Å²) >= 11 is 0. The molecule has 0 aliphatic heterocycles. The zero-order chi connectivity index (χ0) is 12.4. The largest absolute Gasteiger partial charge is 0.406 e. The van der Waals surface area contributed by atoms with Crippen LogP contribution in [0, 0.1) is 0 Å². The number of hydrogen-bond donors (Lipinski definition) is 1. The summed E-state index contributed by atoms with van der Waals surface area (Å²) in [5.74, 6) is 0.535. The van der Waals surface area contributed by atoms with E-state index in [1.807, 2.05) is 26.0 Å². The normalized spacial score (nSPS) is 12.8. The van der Waals surface area contributed by atoms with Crippen LogP contribution in [-0.2, 0) is 10.0 Å². The second-order valence-corrected chi connectivity index (χ2v) is 7.32. The number of nitrogens with two attached hydrogens (primary N) is 1. The maximum atomic E-state index is 5.94. The van der Waals surface area contributed by atoms with Crippen LogP contribution in [0.4, 0.5) is 5.82 Å². The van der Waals surface area contributed by atoms with Crippen LogP contribution in [0.3, 0.4) is 0 Å². The van der Waals surface area contributed by atoms with Gasteiger partial charge in [0, 0.05) is 0 Å². The second kappa shape index (κ2) is 4.55. The molecule has 2 radical (unpaired) electrons. The highest BCUT2D eigenvalue weighted by atomic mass is 28.2. The first-order chi connectivity index (χ1) is 7.21. The zero-order valence-electron chi connectivity index (χ0n) is 10.7. The molecule has 0 aromatic carbocycles. The second-order valence-electron chi connectivity index (χ2n) is 5.41. The van der Waals surface area contributed by atoms with Gasteiger partial charge in [0.25, 0.3) is 0 Å². The molecule has 1 aromatic rings. The van der Waals surface area contributed by atoms with E-state index >= 15 is 0 Å². The van der Waals surface area contributed by atoms with Crippen molar-refractivity contribution in [2.45, 2.75) is 45.3 Å². The van der Waals surface area contributed by atoms with Gasteiger partial charge in [-0.1, -0.05) is 26.8 Å². The van der Waals surface area contributed by atoms with E-state index in [-0.39, 0.29) is 10.6 Å². The van der Waals surface area contributed by atoms with Crippen molar-refractivity contribution in [2.24, 2.45) is 0 Å². The number of hydrogen-bond acceptors (Lipinski definition) is 3. The quantitative estimate of drug-likeness (QED) is 0.821. The SMILES string of the molecule is CC(C)(C)[Si]OC(C)(C)c1cccc(N)n1. The molecule has 2 N–H and O–H groups in total. The Labute approximate surface area is 100 Å². The van der Waals surface area contributed by atoms with Crippen LogP contribution in [0.5, 0.6) is 0 Å². The van der Waals surface area contributed by atoms with Crippen molar-refractivity contribution in [3.63, 3.8) is 0 Å². The number of pyridine rings is 1. The molecule has 3 nitrogen and oxygen atoms in total. The van der Waals surface area contributed by atoms with E-state index in [2.05, 4.69) is 25.8 Å². The Morgan fingerprint density at radius 1 is 1.19 bits per heavy atom. The van der Waals surface area contributed by atoms with E-state index < -0.39 is 0 Å². The molecule has 0 aliphatic carbocycles. The van der Waals surface area contributed by atoms with E-state index in [9.17, 15) is 0 Å². The third-order valence-electron chi connectivity index (χ3n) is 2.00. The topological polar surface area (TPSA) is 48.1 Å². The van der Waals surface area contributed by atoms with Gasteiger partial charge in [-0.15, -0.1) is 0 Å². The predicted molar refractivity (Wildman–Crippen MR) is 68.2 cm³/mol. The Morgan fingerprint density at radius 2 is 1.81 bits per heavy atom. The van der Waals surface area contributed by atoms with Gasteiger partial charge in [-0.05, 0) is 31.0 Å². The third-order valence-corrected chi connectivity index (χ3v) is 3.22. The summed E-state index contributed by atoms with van der Waals surface area (Å²) < 4.78 is 5.94. The van der Waals surface area contributed by atoms with E-state index in [1.54, 1.807) is 6.07 Å². The first kappa shape index (κ1) is 13.2.